The van der Waals surface area contributed by atoms with E-state index < -0.39 is 23.3 Å². The number of hydrogen-bond acceptors (Lipinski definition) is 3. The Morgan fingerprint density at radius 3 is 2.07 bits per heavy atom. The molecule has 0 aromatic rings. The first-order valence-electron chi connectivity index (χ1n) is 4.72. The van der Waals surface area contributed by atoms with Crippen molar-refractivity contribution in [3.63, 3.8) is 0 Å². The third-order valence-electron chi connectivity index (χ3n) is 2.79. The minimum Gasteiger partial charge on any atom is -0.277 e. The van der Waals surface area contributed by atoms with Crippen LogP contribution in [0.25, 0.3) is 0 Å². The zero-order valence-corrected chi connectivity index (χ0v) is 8.96. The fourth-order valence-corrected chi connectivity index (χ4v) is 1.49. The Labute approximate surface area is 87.9 Å². The average Bonchev–Trinajstić information content (AvgIpc) is 2.14. The second-order valence-electron chi connectivity index (χ2n) is 3.75. The lowest BCUT2D eigenvalue weighted by atomic mass is 9.75. The first kappa shape index (κ1) is 11.4. The molecule has 1 unspecified atom stereocenters. The van der Waals surface area contributed by atoms with Crippen LogP contribution in [0, 0.1) is 11.3 Å². The number of nitrogens with one attached hydrogen (secondary N) is 2. The van der Waals surface area contributed by atoms with Crippen LogP contribution in [0.5, 0.6) is 0 Å². The highest BCUT2D eigenvalue weighted by Crippen LogP contribution is 2.30. The molecule has 0 aromatic carbocycles. The van der Waals surface area contributed by atoms with Gasteiger partial charge in [-0.1, -0.05) is 19.1 Å². The van der Waals surface area contributed by atoms with Crippen molar-refractivity contribution in [2.45, 2.75) is 20.8 Å². The molecule has 2 N–H and O–H groups in total. The van der Waals surface area contributed by atoms with E-state index in [1.165, 1.54) is 6.92 Å². The number of urea groups is 1. The fraction of sp³-hybridized carbons (Fsp3) is 0.500. The lowest BCUT2D eigenvalue weighted by Gasteiger charge is -2.33. The van der Waals surface area contributed by atoms with E-state index in [0.29, 0.717) is 0 Å². The van der Waals surface area contributed by atoms with E-state index in [4.69, 9.17) is 0 Å². The zero-order chi connectivity index (χ0) is 11.6. The molecule has 1 atom stereocenters. The molecule has 0 saturated carbocycles. The zero-order valence-electron chi connectivity index (χ0n) is 8.96. The Balaban J connectivity index is 3.04. The molecule has 1 aliphatic rings. The fourth-order valence-electron chi connectivity index (χ4n) is 1.49. The summed E-state index contributed by atoms with van der Waals surface area (Å²) in [5, 5.41) is 4.19. The van der Waals surface area contributed by atoms with Crippen molar-refractivity contribution in [2.24, 2.45) is 11.3 Å². The van der Waals surface area contributed by atoms with Crippen LogP contribution in [-0.2, 0) is 9.59 Å². The van der Waals surface area contributed by atoms with Crippen molar-refractivity contribution in [3.05, 3.63) is 12.2 Å². The molecule has 1 heterocycles. The standard InChI is InChI=1S/C10H14N2O3/c1-4-5-6(2)10(3)7(13)11-9(15)12-8(10)14/h4-6H,1-3H3,(H2,11,12,13,14,15)/b5-4+. The molecule has 0 radical (unpaired) electrons. The molecular formula is C10H14N2O3. The maximum Gasteiger partial charge on any atom is 0.328 e. The molecule has 15 heavy (non-hydrogen) atoms. The van der Waals surface area contributed by atoms with Gasteiger partial charge in [-0.3, -0.25) is 20.2 Å². The second-order valence-corrected chi connectivity index (χ2v) is 3.75. The Morgan fingerprint density at radius 2 is 1.67 bits per heavy atom. The summed E-state index contributed by atoms with van der Waals surface area (Å²) in [7, 11) is 0. The summed E-state index contributed by atoms with van der Waals surface area (Å²) in [6.07, 6.45) is 3.53. The van der Waals surface area contributed by atoms with Crippen LogP contribution in [0.4, 0.5) is 4.79 Å². The topological polar surface area (TPSA) is 75.3 Å². The van der Waals surface area contributed by atoms with Gasteiger partial charge in [0.15, 0.2) is 0 Å². The van der Waals surface area contributed by atoms with E-state index in [2.05, 4.69) is 10.6 Å². The molecule has 0 bridgehead atoms. The van der Waals surface area contributed by atoms with Gasteiger partial charge in [-0.25, -0.2) is 4.79 Å². The summed E-state index contributed by atoms with van der Waals surface area (Å²) < 4.78 is 0. The number of barbiturate groups is 1. The average molecular weight is 210 g/mol. The largest absolute Gasteiger partial charge is 0.328 e. The molecule has 0 aliphatic carbocycles. The van der Waals surface area contributed by atoms with E-state index in [-0.39, 0.29) is 5.92 Å². The molecule has 1 saturated heterocycles. The number of rotatable bonds is 2. The van der Waals surface area contributed by atoms with Crippen molar-refractivity contribution >= 4 is 17.8 Å². The quantitative estimate of drug-likeness (QED) is 0.517. The van der Waals surface area contributed by atoms with Crippen molar-refractivity contribution in [3.8, 4) is 0 Å². The van der Waals surface area contributed by atoms with Crippen LogP contribution in [0.15, 0.2) is 12.2 Å². The van der Waals surface area contributed by atoms with Gasteiger partial charge in [0, 0.05) is 0 Å². The number of hydrogen-bond donors (Lipinski definition) is 2. The first-order chi connectivity index (χ1) is 6.92. The van der Waals surface area contributed by atoms with Gasteiger partial charge in [0.1, 0.15) is 5.41 Å². The van der Waals surface area contributed by atoms with Crippen molar-refractivity contribution < 1.29 is 14.4 Å². The van der Waals surface area contributed by atoms with Crippen molar-refractivity contribution in [2.75, 3.05) is 0 Å². The highest BCUT2D eigenvalue weighted by molar-refractivity contribution is 6.19. The number of amides is 4. The van der Waals surface area contributed by atoms with Crippen LogP contribution in [-0.4, -0.2) is 17.8 Å². The van der Waals surface area contributed by atoms with Crippen LogP contribution >= 0.6 is 0 Å². The predicted molar refractivity (Wildman–Crippen MR) is 53.8 cm³/mol. The summed E-state index contributed by atoms with van der Waals surface area (Å²) in [6.45, 7) is 5.09. The van der Waals surface area contributed by atoms with E-state index in [1.807, 2.05) is 6.92 Å². The van der Waals surface area contributed by atoms with Gasteiger partial charge in [0.05, 0.1) is 0 Å². The Bertz CT molecular complexity index is 327. The summed E-state index contributed by atoms with van der Waals surface area (Å²) in [4.78, 5) is 34.1. The maximum absolute atomic E-state index is 11.6. The van der Waals surface area contributed by atoms with Crippen LogP contribution in [0.1, 0.15) is 20.8 Å². The molecular weight excluding hydrogens is 196 g/mol. The Morgan fingerprint density at radius 1 is 1.20 bits per heavy atom. The third kappa shape index (κ3) is 1.77. The Hall–Kier alpha value is -1.65. The molecule has 1 fully saturated rings. The van der Waals surface area contributed by atoms with Crippen LogP contribution < -0.4 is 10.6 Å². The number of carbonyl (C=O) groups excluding carboxylic acids is 3. The van der Waals surface area contributed by atoms with Crippen LogP contribution in [0.3, 0.4) is 0 Å². The number of allylic oxidation sites excluding steroid dienone is 2. The number of imide groups is 2. The van der Waals surface area contributed by atoms with E-state index in [9.17, 15) is 14.4 Å². The van der Waals surface area contributed by atoms with Gasteiger partial charge >= 0.3 is 6.03 Å². The smallest absolute Gasteiger partial charge is 0.277 e. The first-order valence-corrected chi connectivity index (χ1v) is 4.72. The highest BCUT2D eigenvalue weighted by Gasteiger charge is 2.49. The second kappa shape index (κ2) is 3.84. The van der Waals surface area contributed by atoms with Crippen LogP contribution in [0.2, 0.25) is 0 Å². The van der Waals surface area contributed by atoms with Gasteiger partial charge in [-0.05, 0) is 19.8 Å². The van der Waals surface area contributed by atoms with Gasteiger partial charge < -0.3 is 0 Å². The lowest BCUT2D eigenvalue weighted by molar-refractivity contribution is -0.145. The molecule has 0 spiro atoms. The number of carbonyl (C=O) groups is 3. The van der Waals surface area contributed by atoms with Crippen molar-refractivity contribution in [1.82, 2.24) is 10.6 Å². The third-order valence-corrected chi connectivity index (χ3v) is 2.79. The monoisotopic (exact) mass is 210 g/mol. The van der Waals surface area contributed by atoms with Gasteiger partial charge in [0.25, 0.3) is 0 Å². The molecule has 5 nitrogen and oxygen atoms in total. The summed E-state index contributed by atoms with van der Waals surface area (Å²) in [5.41, 5.74) is -1.22. The summed E-state index contributed by atoms with van der Waals surface area (Å²) in [5.74, 6) is -1.38. The molecule has 5 heteroatoms. The maximum atomic E-state index is 11.6. The normalized spacial score (nSPS) is 22.5. The summed E-state index contributed by atoms with van der Waals surface area (Å²) >= 11 is 0. The van der Waals surface area contributed by atoms with Gasteiger partial charge in [0.2, 0.25) is 11.8 Å². The van der Waals surface area contributed by atoms with E-state index in [0.717, 1.165) is 0 Å². The predicted octanol–water partition coefficient (Wildman–Crippen LogP) is 0.571. The van der Waals surface area contributed by atoms with E-state index >= 15 is 0 Å². The van der Waals surface area contributed by atoms with Gasteiger partial charge in [-0.15, -0.1) is 0 Å². The van der Waals surface area contributed by atoms with E-state index in [1.54, 1.807) is 19.1 Å². The molecule has 4 amide bonds. The molecule has 1 rings (SSSR count). The minimum atomic E-state index is -1.22. The summed E-state index contributed by atoms with van der Waals surface area (Å²) in [6, 6.07) is -0.754. The molecule has 0 aromatic heterocycles. The Kier molecular flexibility index (Phi) is 2.93. The van der Waals surface area contributed by atoms with Crippen molar-refractivity contribution in [1.29, 1.82) is 0 Å². The lowest BCUT2D eigenvalue weighted by Crippen LogP contribution is -2.63. The highest BCUT2D eigenvalue weighted by atomic mass is 16.2. The molecule has 82 valence electrons. The van der Waals surface area contributed by atoms with Gasteiger partial charge in [-0.2, -0.15) is 0 Å². The SMILES string of the molecule is C/C=C/C(C)C1(C)C(=O)NC(=O)NC1=O. The molecule has 1 aliphatic heterocycles. The minimum absolute atomic E-state index is 0.268.